The van der Waals surface area contributed by atoms with Gasteiger partial charge in [0.05, 0.1) is 17.0 Å². The Morgan fingerprint density at radius 3 is 2.07 bits per heavy atom. The molecule has 0 fully saturated rings. The van der Waals surface area contributed by atoms with Gasteiger partial charge in [0.25, 0.3) is 0 Å². The Labute approximate surface area is 168 Å². The highest BCUT2D eigenvalue weighted by Crippen LogP contribution is 2.48. The number of sulfonamides is 1. The lowest BCUT2D eigenvalue weighted by molar-refractivity contribution is 0.336. The Balaban J connectivity index is 1.92. The Morgan fingerprint density at radius 1 is 0.852 bits per heavy atom. The number of nitrogens with zero attached hydrogens (tertiary/aromatic N) is 1. The lowest BCUT2D eigenvalue weighted by Gasteiger charge is -2.29. The van der Waals surface area contributed by atoms with Crippen LogP contribution in [0.4, 0.5) is 0 Å². The van der Waals surface area contributed by atoms with Crippen molar-refractivity contribution >= 4 is 26.0 Å². The zero-order valence-electron chi connectivity index (χ0n) is 14.9. The van der Waals surface area contributed by atoms with Crippen LogP contribution < -0.4 is 0 Å². The van der Waals surface area contributed by atoms with Gasteiger partial charge in [-0.25, -0.2) is 8.42 Å². The van der Waals surface area contributed by atoms with E-state index in [0.29, 0.717) is 10.2 Å². The van der Waals surface area contributed by atoms with Crippen LogP contribution in [0.5, 0.6) is 0 Å². The molecule has 1 aliphatic heterocycles. The second-order valence-corrected chi connectivity index (χ2v) is 9.25. The molecule has 0 N–H and O–H groups in total. The maximum atomic E-state index is 13.7. The van der Waals surface area contributed by atoms with Crippen LogP contribution in [0.1, 0.15) is 34.3 Å². The molecule has 3 aromatic rings. The first-order valence-electron chi connectivity index (χ1n) is 8.84. The van der Waals surface area contributed by atoms with Crippen molar-refractivity contribution in [2.45, 2.75) is 23.9 Å². The van der Waals surface area contributed by atoms with Gasteiger partial charge in [-0.05, 0) is 35.7 Å². The van der Waals surface area contributed by atoms with Crippen molar-refractivity contribution in [1.29, 1.82) is 0 Å². The van der Waals surface area contributed by atoms with Gasteiger partial charge in [0.2, 0.25) is 10.0 Å². The van der Waals surface area contributed by atoms with Crippen molar-refractivity contribution in [3.05, 3.63) is 101 Å². The van der Waals surface area contributed by atoms with E-state index >= 15 is 0 Å². The molecule has 0 saturated heterocycles. The van der Waals surface area contributed by atoms with E-state index in [-0.39, 0.29) is 12.1 Å². The summed E-state index contributed by atoms with van der Waals surface area (Å²) < 4.78 is 29.0. The van der Waals surface area contributed by atoms with Crippen LogP contribution in [0.3, 0.4) is 0 Å². The number of rotatable bonds is 4. The molecule has 0 unspecified atom stereocenters. The quantitative estimate of drug-likeness (QED) is 0.520. The van der Waals surface area contributed by atoms with Crippen LogP contribution >= 0.6 is 15.9 Å². The largest absolute Gasteiger partial charge is 0.244 e. The second kappa shape index (κ2) is 7.23. The van der Waals surface area contributed by atoms with E-state index in [9.17, 15) is 8.42 Å². The Hall–Kier alpha value is -1.95. The average Bonchev–Trinajstić information content (AvgIpc) is 3.04. The highest BCUT2D eigenvalue weighted by molar-refractivity contribution is 9.09. The minimum absolute atomic E-state index is 0.252. The van der Waals surface area contributed by atoms with E-state index in [1.54, 1.807) is 16.4 Å². The minimum atomic E-state index is -3.68. The maximum absolute atomic E-state index is 13.7. The van der Waals surface area contributed by atoms with Gasteiger partial charge in [-0.15, -0.1) is 0 Å². The fourth-order valence-corrected chi connectivity index (χ4v) is 6.38. The molecule has 2 atom stereocenters. The van der Waals surface area contributed by atoms with Gasteiger partial charge in [0.15, 0.2) is 0 Å². The van der Waals surface area contributed by atoms with Gasteiger partial charge in [-0.2, -0.15) is 4.31 Å². The van der Waals surface area contributed by atoms with E-state index < -0.39 is 10.0 Å². The molecule has 27 heavy (non-hydrogen) atoms. The number of alkyl halides is 1. The average molecular weight is 442 g/mol. The lowest BCUT2D eigenvalue weighted by Crippen LogP contribution is -2.34. The summed E-state index contributed by atoms with van der Waals surface area (Å²) in [5.41, 5.74) is 4.11. The predicted octanol–water partition coefficient (Wildman–Crippen LogP) is 5.22. The topological polar surface area (TPSA) is 37.4 Å². The number of hydrogen-bond donors (Lipinski definition) is 0. The molecule has 5 heteroatoms. The monoisotopic (exact) mass is 441 g/mol. The van der Waals surface area contributed by atoms with Crippen molar-refractivity contribution in [3.8, 4) is 0 Å². The predicted molar refractivity (Wildman–Crippen MR) is 111 cm³/mol. The highest BCUT2D eigenvalue weighted by Gasteiger charge is 2.45. The van der Waals surface area contributed by atoms with Gasteiger partial charge in [0.1, 0.15) is 0 Å². The third-order valence-electron chi connectivity index (χ3n) is 5.07. The zero-order valence-corrected chi connectivity index (χ0v) is 17.3. The van der Waals surface area contributed by atoms with Gasteiger partial charge in [-0.1, -0.05) is 88.2 Å². The van der Waals surface area contributed by atoms with Crippen molar-refractivity contribution in [3.63, 3.8) is 0 Å². The molecular weight excluding hydrogens is 422 g/mol. The number of benzene rings is 3. The molecule has 0 aromatic heterocycles. The van der Waals surface area contributed by atoms with E-state index in [4.69, 9.17) is 0 Å². The molecule has 0 saturated carbocycles. The summed E-state index contributed by atoms with van der Waals surface area (Å²) in [4.78, 5) is 0.327. The number of fused-ring (bicyclic) bond motifs is 1. The maximum Gasteiger partial charge on any atom is 0.244 e. The normalized spacial score (nSPS) is 19.8. The Bertz CT molecular complexity index is 1050. The Kier molecular flexibility index (Phi) is 4.93. The molecule has 4 rings (SSSR count). The summed E-state index contributed by atoms with van der Waals surface area (Å²) in [6, 6.07) is 24.3. The first kappa shape index (κ1) is 18.4. The standard InChI is InChI=1S/C22H20BrNO2S/c1-16-11-13-18(14-12-16)27(25,26)24-21(15-23)19-9-5-6-10-20(19)22(24)17-7-3-2-4-8-17/h2-14,21-22H,15H2,1H3/t21-,22+/m1/s1. The van der Waals surface area contributed by atoms with Gasteiger partial charge < -0.3 is 0 Å². The molecule has 3 nitrogen and oxygen atoms in total. The van der Waals surface area contributed by atoms with Crippen LogP contribution in [0.15, 0.2) is 83.8 Å². The molecule has 0 amide bonds. The molecule has 0 spiro atoms. The fraction of sp³-hybridized carbons (Fsp3) is 0.182. The summed E-state index contributed by atoms with van der Waals surface area (Å²) in [5, 5.41) is 0.540. The van der Waals surface area contributed by atoms with Gasteiger partial charge in [0, 0.05) is 5.33 Å². The van der Waals surface area contributed by atoms with Crippen LogP contribution in [0.25, 0.3) is 0 Å². The molecule has 3 aromatic carbocycles. The number of halogens is 1. The fourth-order valence-electron chi connectivity index (χ4n) is 3.77. The zero-order chi connectivity index (χ0) is 19.0. The third-order valence-corrected chi connectivity index (χ3v) is 7.57. The van der Waals surface area contributed by atoms with E-state index in [1.807, 2.05) is 73.7 Å². The van der Waals surface area contributed by atoms with Crippen molar-refractivity contribution in [2.24, 2.45) is 0 Å². The van der Waals surface area contributed by atoms with Crippen molar-refractivity contribution in [2.75, 3.05) is 5.33 Å². The SMILES string of the molecule is Cc1ccc(S(=O)(=O)N2[C@@H](c3ccccc3)c3ccccc3[C@H]2CBr)cc1. The van der Waals surface area contributed by atoms with Gasteiger partial charge in [-0.3, -0.25) is 0 Å². The molecule has 0 aliphatic carbocycles. The summed E-state index contributed by atoms with van der Waals surface area (Å²) in [6.07, 6.45) is 0. The van der Waals surface area contributed by atoms with Crippen LogP contribution in [0.2, 0.25) is 0 Å². The van der Waals surface area contributed by atoms with E-state index in [2.05, 4.69) is 15.9 Å². The van der Waals surface area contributed by atoms with Crippen LogP contribution in [-0.2, 0) is 10.0 Å². The Morgan fingerprint density at radius 2 is 1.44 bits per heavy atom. The molecule has 0 bridgehead atoms. The number of hydrogen-bond acceptors (Lipinski definition) is 2. The number of aryl methyl sites for hydroxylation is 1. The van der Waals surface area contributed by atoms with Crippen molar-refractivity contribution < 1.29 is 8.42 Å². The molecule has 0 radical (unpaired) electrons. The van der Waals surface area contributed by atoms with Crippen LogP contribution in [-0.4, -0.2) is 18.1 Å². The summed E-state index contributed by atoms with van der Waals surface area (Å²) in [6.45, 7) is 1.95. The molecule has 138 valence electrons. The minimum Gasteiger partial charge on any atom is -0.207 e. The van der Waals surface area contributed by atoms with Crippen LogP contribution in [0, 0.1) is 6.92 Å². The van der Waals surface area contributed by atoms with E-state index in [1.165, 1.54) is 0 Å². The first-order valence-corrected chi connectivity index (χ1v) is 11.4. The summed E-state index contributed by atoms with van der Waals surface area (Å²) >= 11 is 3.56. The third kappa shape index (κ3) is 3.14. The van der Waals surface area contributed by atoms with Gasteiger partial charge >= 0.3 is 0 Å². The molecule has 1 heterocycles. The molecular formula is C22H20BrNO2S. The van der Waals surface area contributed by atoms with Crippen molar-refractivity contribution in [1.82, 2.24) is 4.31 Å². The lowest BCUT2D eigenvalue weighted by atomic mass is 9.98. The molecule has 1 aliphatic rings. The van der Waals surface area contributed by atoms with E-state index in [0.717, 1.165) is 22.3 Å². The first-order chi connectivity index (χ1) is 13.0. The highest BCUT2D eigenvalue weighted by atomic mass is 79.9. The summed E-state index contributed by atoms with van der Waals surface area (Å²) in [7, 11) is -3.68. The smallest absolute Gasteiger partial charge is 0.207 e. The summed E-state index contributed by atoms with van der Waals surface area (Å²) in [5.74, 6) is 0. The second-order valence-electron chi connectivity index (χ2n) is 6.76.